The second kappa shape index (κ2) is 4.36. The Balaban J connectivity index is 1.75. The lowest BCUT2D eigenvalue weighted by molar-refractivity contribution is 0.344. The van der Waals surface area contributed by atoms with Crippen LogP contribution < -0.4 is 5.32 Å². The fraction of sp³-hybridized carbons (Fsp3) is 0.571. The van der Waals surface area contributed by atoms with E-state index in [-0.39, 0.29) is 0 Å². The van der Waals surface area contributed by atoms with Crippen LogP contribution in [0.25, 0.3) is 0 Å². The summed E-state index contributed by atoms with van der Waals surface area (Å²) >= 11 is 0. The third-order valence-corrected chi connectivity index (χ3v) is 3.44. The van der Waals surface area contributed by atoms with Crippen molar-refractivity contribution in [3.05, 3.63) is 35.9 Å². The predicted molar refractivity (Wildman–Crippen MR) is 65.0 cm³/mol. The average molecular weight is 203 g/mol. The topological polar surface area (TPSA) is 12.0 Å². The molecule has 0 aromatic heterocycles. The molecule has 0 heterocycles. The summed E-state index contributed by atoms with van der Waals surface area (Å²) < 4.78 is 0. The van der Waals surface area contributed by atoms with E-state index < -0.39 is 0 Å². The van der Waals surface area contributed by atoms with Gasteiger partial charge in [0, 0.05) is 5.54 Å². The van der Waals surface area contributed by atoms with Crippen molar-refractivity contribution in [1.29, 1.82) is 0 Å². The van der Waals surface area contributed by atoms with Gasteiger partial charge in [-0.25, -0.2) is 0 Å². The molecule has 1 aliphatic rings. The summed E-state index contributed by atoms with van der Waals surface area (Å²) in [6.07, 6.45) is 3.95. The Morgan fingerprint density at radius 1 is 1.20 bits per heavy atom. The zero-order valence-electron chi connectivity index (χ0n) is 9.79. The maximum atomic E-state index is 3.67. The minimum absolute atomic E-state index is 0.342. The highest BCUT2D eigenvalue weighted by atomic mass is 15.0. The average Bonchev–Trinajstić information content (AvgIpc) is 3.02. The molecule has 1 heteroatoms. The van der Waals surface area contributed by atoms with Crippen molar-refractivity contribution in [1.82, 2.24) is 5.32 Å². The van der Waals surface area contributed by atoms with Crippen LogP contribution in [0.5, 0.6) is 0 Å². The van der Waals surface area contributed by atoms with Gasteiger partial charge in [0.15, 0.2) is 0 Å². The summed E-state index contributed by atoms with van der Waals surface area (Å²) in [5.74, 6) is 0.910. The summed E-state index contributed by atoms with van der Waals surface area (Å²) in [6.45, 7) is 5.75. The third-order valence-electron chi connectivity index (χ3n) is 3.44. The molecule has 0 amide bonds. The van der Waals surface area contributed by atoms with Gasteiger partial charge in [-0.15, -0.1) is 0 Å². The quantitative estimate of drug-likeness (QED) is 0.775. The first-order chi connectivity index (χ1) is 7.18. The molecule has 0 aliphatic heterocycles. The second-order valence-electron chi connectivity index (χ2n) is 5.16. The second-order valence-corrected chi connectivity index (χ2v) is 5.16. The number of hydrogen-bond acceptors (Lipinski definition) is 1. The van der Waals surface area contributed by atoms with Crippen LogP contribution >= 0.6 is 0 Å². The largest absolute Gasteiger partial charge is 0.311 e. The SMILES string of the molecule is CC(C)(NCCc1ccccc1)C1CC1. The monoisotopic (exact) mass is 203 g/mol. The van der Waals surface area contributed by atoms with Crippen molar-refractivity contribution in [3.8, 4) is 0 Å². The summed E-state index contributed by atoms with van der Waals surface area (Å²) in [5.41, 5.74) is 1.77. The minimum Gasteiger partial charge on any atom is -0.311 e. The molecule has 1 aromatic rings. The van der Waals surface area contributed by atoms with Gasteiger partial charge < -0.3 is 5.32 Å². The molecule has 1 aliphatic carbocycles. The van der Waals surface area contributed by atoms with Crippen molar-refractivity contribution in [3.63, 3.8) is 0 Å². The number of rotatable bonds is 5. The van der Waals surface area contributed by atoms with Gasteiger partial charge in [-0.3, -0.25) is 0 Å². The van der Waals surface area contributed by atoms with Crippen molar-refractivity contribution < 1.29 is 0 Å². The lowest BCUT2D eigenvalue weighted by Gasteiger charge is -2.26. The van der Waals surface area contributed by atoms with E-state index in [4.69, 9.17) is 0 Å². The molecule has 0 atom stereocenters. The van der Waals surface area contributed by atoms with E-state index in [1.54, 1.807) is 0 Å². The van der Waals surface area contributed by atoms with E-state index in [1.807, 2.05) is 0 Å². The molecule has 15 heavy (non-hydrogen) atoms. The van der Waals surface area contributed by atoms with Gasteiger partial charge in [0.05, 0.1) is 0 Å². The number of hydrogen-bond donors (Lipinski definition) is 1. The highest BCUT2D eigenvalue weighted by Crippen LogP contribution is 2.39. The lowest BCUT2D eigenvalue weighted by atomic mass is 9.98. The smallest absolute Gasteiger partial charge is 0.0153 e. The molecular formula is C14H21N. The molecule has 1 N–H and O–H groups in total. The van der Waals surface area contributed by atoms with Gasteiger partial charge in [-0.1, -0.05) is 30.3 Å². The summed E-state index contributed by atoms with van der Waals surface area (Å²) in [5, 5.41) is 3.67. The van der Waals surface area contributed by atoms with Gasteiger partial charge >= 0.3 is 0 Å². The Kier molecular flexibility index (Phi) is 3.11. The van der Waals surface area contributed by atoms with E-state index in [9.17, 15) is 0 Å². The molecule has 1 saturated carbocycles. The predicted octanol–water partition coefficient (Wildman–Crippen LogP) is 3.01. The Morgan fingerprint density at radius 3 is 2.47 bits per heavy atom. The number of nitrogens with one attached hydrogen (secondary N) is 1. The fourth-order valence-corrected chi connectivity index (χ4v) is 2.12. The van der Waals surface area contributed by atoms with Crippen LogP contribution in [-0.2, 0) is 6.42 Å². The van der Waals surface area contributed by atoms with Gasteiger partial charge in [-0.2, -0.15) is 0 Å². The molecule has 1 nitrogen and oxygen atoms in total. The highest BCUT2D eigenvalue weighted by molar-refractivity contribution is 5.15. The van der Waals surface area contributed by atoms with E-state index in [0.29, 0.717) is 5.54 Å². The minimum atomic E-state index is 0.342. The highest BCUT2D eigenvalue weighted by Gasteiger charge is 2.36. The molecule has 0 unspecified atom stereocenters. The van der Waals surface area contributed by atoms with Crippen molar-refractivity contribution in [2.45, 2.75) is 38.6 Å². The molecule has 0 radical (unpaired) electrons. The first-order valence-electron chi connectivity index (χ1n) is 5.97. The molecule has 2 rings (SSSR count). The Hall–Kier alpha value is -0.820. The Bertz CT molecular complexity index is 298. The van der Waals surface area contributed by atoms with Crippen LogP contribution in [0.4, 0.5) is 0 Å². The summed E-state index contributed by atoms with van der Waals surface area (Å²) in [7, 11) is 0. The Labute approximate surface area is 92.9 Å². The molecular weight excluding hydrogens is 182 g/mol. The van der Waals surface area contributed by atoms with Crippen LogP contribution in [0.2, 0.25) is 0 Å². The molecule has 0 saturated heterocycles. The van der Waals surface area contributed by atoms with E-state index >= 15 is 0 Å². The number of benzene rings is 1. The first kappa shape index (κ1) is 10.7. The lowest BCUT2D eigenvalue weighted by Crippen LogP contribution is -2.42. The zero-order valence-corrected chi connectivity index (χ0v) is 9.79. The molecule has 82 valence electrons. The maximum absolute atomic E-state index is 3.67. The van der Waals surface area contributed by atoms with Crippen LogP contribution in [-0.4, -0.2) is 12.1 Å². The normalized spacial score (nSPS) is 16.7. The first-order valence-corrected chi connectivity index (χ1v) is 5.97. The zero-order chi connectivity index (χ0) is 10.7. The molecule has 1 fully saturated rings. The maximum Gasteiger partial charge on any atom is 0.0153 e. The van der Waals surface area contributed by atoms with E-state index in [1.165, 1.54) is 18.4 Å². The standard InChI is InChI=1S/C14H21N/c1-14(2,13-8-9-13)15-11-10-12-6-4-3-5-7-12/h3-7,13,15H,8-11H2,1-2H3. The van der Waals surface area contributed by atoms with Crippen LogP contribution in [0.3, 0.4) is 0 Å². The van der Waals surface area contributed by atoms with Crippen LogP contribution in [0.15, 0.2) is 30.3 Å². The third kappa shape index (κ3) is 3.07. The van der Waals surface area contributed by atoms with Gasteiger partial charge in [0.25, 0.3) is 0 Å². The van der Waals surface area contributed by atoms with Gasteiger partial charge in [0.1, 0.15) is 0 Å². The van der Waals surface area contributed by atoms with E-state index in [2.05, 4.69) is 49.5 Å². The van der Waals surface area contributed by atoms with Gasteiger partial charge in [-0.05, 0) is 51.1 Å². The van der Waals surface area contributed by atoms with Crippen molar-refractivity contribution >= 4 is 0 Å². The molecule has 0 bridgehead atoms. The van der Waals surface area contributed by atoms with E-state index in [0.717, 1.165) is 18.9 Å². The summed E-state index contributed by atoms with van der Waals surface area (Å²) in [4.78, 5) is 0. The summed E-state index contributed by atoms with van der Waals surface area (Å²) in [6, 6.07) is 10.7. The van der Waals surface area contributed by atoms with Gasteiger partial charge in [0.2, 0.25) is 0 Å². The van der Waals surface area contributed by atoms with Crippen molar-refractivity contribution in [2.24, 2.45) is 5.92 Å². The van der Waals surface area contributed by atoms with Crippen molar-refractivity contribution in [2.75, 3.05) is 6.54 Å². The molecule has 0 spiro atoms. The molecule has 1 aromatic carbocycles. The fourth-order valence-electron chi connectivity index (χ4n) is 2.12. The van der Waals surface area contributed by atoms with Crippen LogP contribution in [0.1, 0.15) is 32.3 Å². The Morgan fingerprint density at radius 2 is 1.87 bits per heavy atom. The van der Waals surface area contributed by atoms with Crippen LogP contribution in [0, 0.1) is 5.92 Å².